The number of β-amino-alcohol motifs (C(OH)–C–C–N with tert-alkyl or cyclic N) is 1. The fourth-order valence-corrected chi connectivity index (χ4v) is 3.77. The van der Waals surface area contributed by atoms with E-state index in [0.717, 1.165) is 22.0 Å². The molecule has 0 unspecified atom stereocenters. The number of H-pyrrole nitrogens is 1. The second-order valence-electron chi connectivity index (χ2n) is 7.37. The molecule has 2 aromatic carbocycles. The van der Waals surface area contributed by atoms with E-state index in [0.29, 0.717) is 17.7 Å². The van der Waals surface area contributed by atoms with Crippen LogP contribution in [0.3, 0.4) is 0 Å². The number of nitrogens with one attached hydrogen (secondary N) is 3. The number of aliphatic hydroxyl groups is 1. The molecule has 4 N–H and O–H groups in total. The number of halogens is 1. The van der Waals surface area contributed by atoms with E-state index in [-0.39, 0.29) is 30.6 Å². The lowest BCUT2D eigenvalue weighted by molar-refractivity contribution is -0.128. The van der Waals surface area contributed by atoms with Gasteiger partial charge in [-0.2, -0.15) is 0 Å². The molecule has 1 aliphatic heterocycles. The van der Waals surface area contributed by atoms with Gasteiger partial charge < -0.3 is 20.7 Å². The number of para-hydroxylation sites is 1. The van der Waals surface area contributed by atoms with Gasteiger partial charge in [0.1, 0.15) is 18.0 Å². The average molecular weight is 395 g/mol. The van der Waals surface area contributed by atoms with E-state index < -0.39 is 12.1 Å². The smallest absolute Gasteiger partial charge is 0.245 e. The summed E-state index contributed by atoms with van der Waals surface area (Å²) in [5, 5.41) is 15.8. The molecule has 0 bridgehead atoms. The van der Waals surface area contributed by atoms with Crippen molar-refractivity contribution in [2.75, 3.05) is 6.54 Å². The van der Waals surface area contributed by atoms with E-state index in [2.05, 4.69) is 15.6 Å². The number of carbonyl (C=O) groups excluding carboxylic acids is 2. The summed E-state index contributed by atoms with van der Waals surface area (Å²) in [7, 11) is 0. The molecule has 1 fully saturated rings. The molecule has 1 aliphatic rings. The predicted octanol–water partition coefficient (Wildman–Crippen LogP) is 2.19. The van der Waals surface area contributed by atoms with Gasteiger partial charge in [0.2, 0.25) is 11.8 Å². The van der Waals surface area contributed by atoms with Gasteiger partial charge in [-0.25, -0.2) is 4.39 Å². The zero-order valence-corrected chi connectivity index (χ0v) is 16.0. The summed E-state index contributed by atoms with van der Waals surface area (Å²) in [5.74, 6) is -1.06. The first-order valence-electron chi connectivity index (χ1n) is 9.55. The highest BCUT2D eigenvalue weighted by Gasteiger charge is 2.34. The maximum Gasteiger partial charge on any atom is 0.245 e. The van der Waals surface area contributed by atoms with Crippen molar-refractivity contribution in [1.82, 2.24) is 15.6 Å². The van der Waals surface area contributed by atoms with Gasteiger partial charge in [-0.1, -0.05) is 24.3 Å². The normalized spacial score (nSPS) is 18.8. The van der Waals surface area contributed by atoms with Crippen molar-refractivity contribution >= 4 is 22.7 Å². The molecular weight excluding hydrogens is 373 g/mol. The fraction of sp³-hybridized carbons (Fsp3) is 0.273. The summed E-state index contributed by atoms with van der Waals surface area (Å²) >= 11 is 0. The highest BCUT2D eigenvalue weighted by Crippen LogP contribution is 2.33. The summed E-state index contributed by atoms with van der Waals surface area (Å²) in [6.45, 7) is 1.96. The number of hydrogen-bond acceptors (Lipinski definition) is 3. The second kappa shape index (κ2) is 7.67. The third kappa shape index (κ3) is 3.73. The minimum Gasteiger partial charge on any atom is -0.389 e. The molecule has 0 radical (unpaired) electrons. The summed E-state index contributed by atoms with van der Waals surface area (Å²) in [4.78, 5) is 27.4. The molecule has 0 aliphatic carbocycles. The van der Waals surface area contributed by atoms with Crippen molar-refractivity contribution in [3.63, 3.8) is 0 Å². The molecule has 2 amide bonds. The van der Waals surface area contributed by atoms with E-state index in [1.54, 1.807) is 6.07 Å². The predicted molar refractivity (Wildman–Crippen MR) is 108 cm³/mol. The van der Waals surface area contributed by atoms with Gasteiger partial charge in [-0.05, 0) is 42.7 Å². The van der Waals surface area contributed by atoms with Crippen LogP contribution in [-0.4, -0.2) is 40.6 Å². The molecule has 7 heteroatoms. The van der Waals surface area contributed by atoms with Crippen molar-refractivity contribution < 1.29 is 19.1 Å². The highest BCUT2D eigenvalue weighted by molar-refractivity contribution is 5.92. The largest absolute Gasteiger partial charge is 0.389 e. The molecule has 4 rings (SSSR count). The van der Waals surface area contributed by atoms with E-state index in [9.17, 15) is 19.1 Å². The second-order valence-corrected chi connectivity index (χ2v) is 7.37. The number of rotatable bonds is 5. The zero-order chi connectivity index (χ0) is 20.5. The summed E-state index contributed by atoms with van der Waals surface area (Å²) in [6, 6.07) is 11.8. The molecule has 0 spiro atoms. The van der Waals surface area contributed by atoms with Crippen molar-refractivity contribution in [2.45, 2.75) is 31.9 Å². The quantitative estimate of drug-likeness (QED) is 0.533. The number of aliphatic hydroxyl groups excluding tert-OH is 1. The summed E-state index contributed by atoms with van der Waals surface area (Å²) in [6.07, 6.45) is -0.460. The minimum atomic E-state index is -0.934. The Hall–Kier alpha value is -3.19. The number of fused-ring (bicyclic) bond motifs is 1. The molecule has 29 heavy (non-hydrogen) atoms. The minimum absolute atomic E-state index is 0.110. The first-order valence-corrected chi connectivity index (χ1v) is 9.55. The fourth-order valence-electron chi connectivity index (χ4n) is 3.77. The van der Waals surface area contributed by atoms with Gasteiger partial charge >= 0.3 is 0 Å². The molecule has 2 atom stereocenters. The number of hydrogen-bond donors (Lipinski definition) is 4. The monoisotopic (exact) mass is 395 g/mol. The average Bonchev–Trinajstić information content (AvgIpc) is 3.21. The zero-order valence-electron chi connectivity index (χ0n) is 16.0. The Morgan fingerprint density at radius 1 is 1.28 bits per heavy atom. The van der Waals surface area contributed by atoms with Crippen molar-refractivity contribution in [3.05, 3.63) is 59.4 Å². The number of aryl methyl sites for hydroxylation is 2. The molecule has 6 nitrogen and oxygen atoms in total. The Bertz CT molecular complexity index is 1090. The van der Waals surface area contributed by atoms with Crippen LogP contribution in [-0.2, 0) is 16.0 Å². The number of aromatic nitrogens is 1. The van der Waals surface area contributed by atoms with Crippen molar-refractivity contribution in [1.29, 1.82) is 0 Å². The standard InChI is InChI=1S/C22H22FN3O3/c1-12-6-7-15(16(23)10-12)20-14(13-4-2-3-5-17(13)25-20)8-9-19(28)26-21-18(27)11-24-22(21)29/h2-7,10,18,21,25,27H,8-9,11H2,1H3,(H,24,29)(H,26,28)/t18-,21+/m1/s1. The van der Waals surface area contributed by atoms with Crippen LogP contribution < -0.4 is 10.6 Å². The van der Waals surface area contributed by atoms with E-state index >= 15 is 0 Å². The number of benzene rings is 2. The Labute approximate surface area is 167 Å². The third-order valence-electron chi connectivity index (χ3n) is 5.28. The lowest BCUT2D eigenvalue weighted by atomic mass is 9.99. The Morgan fingerprint density at radius 2 is 2.07 bits per heavy atom. The SMILES string of the molecule is Cc1ccc(-c2[nH]c3ccccc3c2CCC(=O)N[C@@H]2C(=O)NC[C@H]2O)c(F)c1. The molecule has 1 saturated heterocycles. The van der Waals surface area contributed by atoms with Crippen LogP contribution in [0.15, 0.2) is 42.5 Å². The lowest BCUT2D eigenvalue weighted by Crippen LogP contribution is -2.45. The lowest BCUT2D eigenvalue weighted by Gasteiger charge is -2.14. The van der Waals surface area contributed by atoms with Crippen LogP contribution in [0.25, 0.3) is 22.2 Å². The third-order valence-corrected chi connectivity index (χ3v) is 5.28. The Balaban J connectivity index is 1.61. The highest BCUT2D eigenvalue weighted by atomic mass is 19.1. The summed E-state index contributed by atoms with van der Waals surface area (Å²) in [5.41, 5.74) is 3.64. The van der Waals surface area contributed by atoms with Crippen LogP contribution in [0.1, 0.15) is 17.5 Å². The van der Waals surface area contributed by atoms with Crippen LogP contribution in [0.2, 0.25) is 0 Å². The molecule has 0 saturated carbocycles. The first-order chi connectivity index (χ1) is 13.9. The van der Waals surface area contributed by atoms with E-state index in [1.165, 1.54) is 6.07 Å². The molecule has 1 aromatic heterocycles. The van der Waals surface area contributed by atoms with Crippen LogP contribution in [0, 0.1) is 12.7 Å². The molecular formula is C22H22FN3O3. The number of carbonyl (C=O) groups is 2. The van der Waals surface area contributed by atoms with Crippen LogP contribution in [0.5, 0.6) is 0 Å². The summed E-state index contributed by atoms with van der Waals surface area (Å²) < 4.78 is 14.6. The topological polar surface area (TPSA) is 94.2 Å². The van der Waals surface area contributed by atoms with Gasteiger partial charge in [0.15, 0.2) is 0 Å². The van der Waals surface area contributed by atoms with Gasteiger partial charge in [-0.3, -0.25) is 9.59 Å². The van der Waals surface area contributed by atoms with Crippen LogP contribution in [0.4, 0.5) is 4.39 Å². The van der Waals surface area contributed by atoms with Gasteiger partial charge in [-0.15, -0.1) is 0 Å². The van der Waals surface area contributed by atoms with Crippen LogP contribution >= 0.6 is 0 Å². The molecule has 3 aromatic rings. The molecule has 2 heterocycles. The van der Waals surface area contributed by atoms with E-state index in [4.69, 9.17) is 0 Å². The van der Waals surface area contributed by atoms with Crippen molar-refractivity contribution in [3.8, 4) is 11.3 Å². The van der Waals surface area contributed by atoms with E-state index in [1.807, 2.05) is 37.3 Å². The van der Waals surface area contributed by atoms with Gasteiger partial charge in [0.05, 0.1) is 5.69 Å². The van der Waals surface area contributed by atoms with Gasteiger partial charge in [0, 0.05) is 29.4 Å². The Kier molecular flexibility index (Phi) is 5.07. The van der Waals surface area contributed by atoms with Crippen molar-refractivity contribution in [2.24, 2.45) is 0 Å². The number of amides is 2. The maximum absolute atomic E-state index is 14.6. The number of aromatic amines is 1. The maximum atomic E-state index is 14.6. The molecule has 150 valence electrons. The Morgan fingerprint density at radius 3 is 2.79 bits per heavy atom. The first kappa shape index (κ1) is 19.1. The van der Waals surface area contributed by atoms with Gasteiger partial charge in [0.25, 0.3) is 0 Å².